The second kappa shape index (κ2) is 6.96. The van der Waals surface area contributed by atoms with Gasteiger partial charge < -0.3 is 0 Å². The Hall–Kier alpha value is -3.21. The summed E-state index contributed by atoms with van der Waals surface area (Å²) in [6.45, 7) is 5.29. The molecule has 2 aromatic carbocycles. The van der Waals surface area contributed by atoms with Crippen LogP contribution in [0.2, 0.25) is 0 Å². The summed E-state index contributed by atoms with van der Waals surface area (Å²) in [7, 11) is 0. The van der Waals surface area contributed by atoms with Gasteiger partial charge in [-0.15, -0.1) is 0 Å². The molecule has 132 valence electrons. The van der Waals surface area contributed by atoms with Gasteiger partial charge in [-0.3, -0.25) is 18.7 Å². The van der Waals surface area contributed by atoms with Crippen LogP contribution < -0.4 is 5.69 Å². The van der Waals surface area contributed by atoms with E-state index in [1.54, 1.807) is 45.7 Å². The number of rotatable bonds is 5. The number of hydrogen-bond donors (Lipinski definition) is 0. The summed E-state index contributed by atoms with van der Waals surface area (Å²) in [4.78, 5) is 35.8. The Morgan fingerprint density at radius 2 is 1.58 bits per heavy atom. The molecule has 1 aromatic heterocycles. The van der Waals surface area contributed by atoms with Gasteiger partial charge in [0.2, 0.25) is 0 Å². The predicted molar refractivity (Wildman–Crippen MR) is 100 cm³/mol. The number of imidazole rings is 1. The fourth-order valence-electron chi connectivity index (χ4n) is 2.98. The van der Waals surface area contributed by atoms with Crippen molar-refractivity contribution < 1.29 is 9.59 Å². The van der Waals surface area contributed by atoms with Gasteiger partial charge in [-0.1, -0.05) is 18.2 Å². The fraction of sp³-hybridized carbons (Fsp3) is 0.190. The van der Waals surface area contributed by atoms with Crippen molar-refractivity contribution in [2.45, 2.75) is 27.3 Å². The summed E-state index contributed by atoms with van der Waals surface area (Å²) in [5.74, 6) is -0.0120. The molecule has 0 spiro atoms. The van der Waals surface area contributed by atoms with E-state index < -0.39 is 0 Å². The van der Waals surface area contributed by atoms with E-state index >= 15 is 0 Å². The molecule has 0 bridgehead atoms. The minimum Gasteiger partial charge on any atom is -0.295 e. The summed E-state index contributed by atoms with van der Waals surface area (Å²) >= 11 is 0. The van der Waals surface area contributed by atoms with E-state index in [1.807, 2.05) is 25.1 Å². The molecule has 0 aliphatic carbocycles. The molecule has 0 unspecified atom stereocenters. The van der Waals surface area contributed by atoms with Crippen molar-refractivity contribution in [1.29, 1.82) is 0 Å². The lowest BCUT2D eigenvalue weighted by molar-refractivity contribution is 0.100. The van der Waals surface area contributed by atoms with Crippen LogP contribution in [0.3, 0.4) is 0 Å². The molecule has 0 aliphatic rings. The highest BCUT2D eigenvalue weighted by Gasteiger charge is 2.11. The van der Waals surface area contributed by atoms with Gasteiger partial charge in [-0.05, 0) is 56.7 Å². The zero-order valence-electron chi connectivity index (χ0n) is 15.0. The SMILES string of the molecule is CC(=O)c1ccc(-n2c(C)cn(Cc3cccc(C(C)=O)c3)c2=O)cc1. The molecule has 0 fully saturated rings. The Bertz CT molecular complexity index is 1040. The van der Waals surface area contributed by atoms with Crippen LogP contribution in [0, 0.1) is 6.92 Å². The lowest BCUT2D eigenvalue weighted by Gasteiger charge is -2.06. The Labute approximate surface area is 151 Å². The van der Waals surface area contributed by atoms with Crippen LogP contribution in [0.15, 0.2) is 59.5 Å². The second-order valence-electron chi connectivity index (χ2n) is 6.38. The topological polar surface area (TPSA) is 61.1 Å². The number of ketones is 2. The van der Waals surface area contributed by atoms with Crippen molar-refractivity contribution in [3.63, 3.8) is 0 Å². The number of hydrogen-bond acceptors (Lipinski definition) is 3. The molecular formula is C21H20N2O3. The first-order chi connectivity index (χ1) is 12.4. The summed E-state index contributed by atoms with van der Waals surface area (Å²) in [5.41, 5.74) is 3.49. The van der Waals surface area contributed by atoms with Crippen LogP contribution in [0.5, 0.6) is 0 Å². The molecule has 5 nitrogen and oxygen atoms in total. The van der Waals surface area contributed by atoms with Crippen LogP contribution in [-0.4, -0.2) is 20.7 Å². The minimum absolute atomic E-state index is 0.00138. The molecule has 3 aromatic rings. The third kappa shape index (κ3) is 3.42. The maximum absolute atomic E-state index is 12.8. The maximum Gasteiger partial charge on any atom is 0.333 e. The molecule has 5 heteroatoms. The predicted octanol–water partition coefficient (Wildman–Crippen LogP) is 3.40. The Kier molecular flexibility index (Phi) is 4.71. The second-order valence-corrected chi connectivity index (χ2v) is 6.38. The first kappa shape index (κ1) is 17.6. The van der Waals surface area contributed by atoms with Crippen LogP contribution >= 0.6 is 0 Å². The normalized spacial score (nSPS) is 10.7. The van der Waals surface area contributed by atoms with Crippen LogP contribution in [0.4, 0.5) is 0 Å². The quantitative estimate of drug-likeness (QED) is 0.664. The molecule has 1 heterocycles. The standard InChI is InChI=1S/C21H20N2O3/c1-14-12-22(13-17-5-4-6-19(11-17)16(3)25)21(26)23(14)20-9-7-18(8-10-20)15(2)24/h4-12H,13H2,1-3H3. The lowest BCUT2D eigenvalue weighted by Crippen LogP contribution is -2.24. The van der Waals surface area contributed by atoms with Crippen LogP contribution in [-0.2, 0) is 6.54 Å². The number of aromatic nitrogens is 2. The molecule has 3 rings (SSSR count). The third-order valence-corrected chi connectivity index (χ3v) is 4.35. The van der Waals surface area contributed by atoms with Gasteiger partial charge in [0.1, 0.15) is 0 Å². The van der Waals surface area contributed by atoms with E-state index in [0.29, 0.717) is 23.4 Å². The van der Waals surface area contributed by atoms with Crippen LogP contribution in [0.25, 0.3) is 5.69 Å². The number of carbonyl (C=O) groups excluding carboxylic acids is 2. The molecular weight excluding hydrogens is 328 g/mol. The first-order valence-electron chi connectivity index (χ1n) is 8.37. The highest BCUT2D eigenvalue weighted by atomic mass is 16.2. The van der Waals surface area contributed by atoms with Crippen molar-refractivity contribution in [2.24, 2.45) is 0 Å². The highest BCUT2D eigenvalue weighted by molar-refractivity contribution is 5.94. The van der Waals surface area contributed by atoms with Gasteiger partial charge in [0.25, 0.3) is 0 Å². The summed E-state index contributed by atoms with van der Waals surface area (Å²) in [6, 6.07) is 14.3. The van der Waals surface area contributed by atoms with E-state index in [1.165, 1.54) is 13.8 Å². The highest BCUT2D eigenvalue weighted by Crippen LogP contribution is 2.13. The molecule has 0 N–H and O–H groups in total. The van der Waals surface area contributed by atoms with Gasteiger partial charge in [-0.2, -0.15) is 0 Å². The van der Waals surface area contributed by atoms with Crippen molar-refractivity contribution in [1.82, 2.24) is 9.13 Å². The smallest absolute Gasteiger partial charge is 0.295 e. The summed E-state index contributed by atoms with van der Waals surface area (Å²) in [6.07, 6.45) is 1.79. The number of Topliss-reactive ketones (excluding diaryl/α,β-unsaturated/α-hetero) is 2. The summed E-state index contributed by atoms with van der Waals surface area (Å²) < 4.78 is 3.23. The molecule has 0 atom stereocenters. The fourth-order valence-corrected chi connectivity index (χ4v) is 2.98. The Morgan fingerprint density at radius 1 is 0.923 bits per heavy atom. The van der Waals surface area contributed by atoms with Crippen molar-refractivity contribution in [3.8, 4) is 5.69 Å². The molecule has 0 saturated carbocycles. The van der Waals surface area contributed by atoms with Gasteiger partial charge in [0.15, 0.2) is 11.6 Å². The van der Waals surface area contributed by atoms with Gasteiger partial charge in [-0.25, -0.2) is 4.79 Å². The Balaban J connectivity index is 1.96. The van der Waals surface area contributed by atoms with E-state index in [0.717, 1.165) is 11.3 Å². The van der Waals surface area contributed by atoms with Crippen molar-refractivity contribution in [2.75, 3.05) is 0 Å². The van der Waals surface area contributed by atoms with Gasteiger partial charge in [0.05, 0.1) is 12.2 Å². The van der Waals surface area contributed by atoms with Crippen molar-refractivity contribution >= 4 is 11.6 Å². The maximum atomic E-state index is 12.8. The average molecular weight is 348 g/mol. The van der Waals surface area contributed by atoms with E-state index in [2.05, 4.69) is 0 Å². The number of aryl methyl sites for hydroxylation is 1. The minimum atomic E-state index is -0.161. The molecule has 0 saturated heterocycles. The monoisotopic (exact) mass is 348 g/mol. The third-order valence-electron chi connectivity index (χ3n) is 4.35. The lowest BCUT2D eigenvalue weighted by atomic mass is 10.1. The number of benzene rings is 2. The van der Waals surface area contributed by atoms with Gasteiger partial charge in [0, 0.05) is 23.0 Å². The molecule has 0 radical (unpaired) electrons. The zero-order valence-corrected chi connectivity index (χ0v) is 15.0. The number of carbonyl (C=O) groups is 2. The molecule has 0 amide bonds. The van der Waals surface area contributed by atoms with Crippen molar-refractivity contribution in [3.05, 3.63) is 87.6 Å². The summed E-state index contributed by atoms with van der Waals surface area (Å²) in [5, 5.41) is 0. The van der Waals surface area contributed by atoms with Crippen LogP contribution in [0.1, 0.15) is 45.8 Å². The molecule has 26 heavy (non-hydrogen) atoms. The van der Waals surface area contributed by atoms with E-state index in [4.69, 9.17) is 0 Å². The zero-order chi connectivity index (χ0) is 18.8. The first-order valence-corrected chi connectivity index (χ1v) is 8.37. The molecule has 0 aliphatic heterocycles. The van der Waals surface area contributed by atoms with E-state index in [9.17, 15) is 14.4 Å². The van der Waals surface area contributed by atoms with E-state index in [-0.39, 0.29) is 17.3 Å². The number of nitrogens with zero attached hydrogens (tertiary/aromatic N) is 2. The Morgan fingerprint density at radius 3 is 2.19 bits per heavy atom. The average Bonchev–Trinajstić information content (AvgIpc) is 2.89. The largest absolute Gasteiger partial charge is 0.333 e. The van der Waals surface area contributed by atoms with Gasteiger partial charge >= 0.3 is 5.69 Å².